The average Bonchev–Trinajstić information content (AvgIpc) is 2.44. The van der Waals surface area contributed by atoms with Gasteiger partial charge in [-0.25, -0.2) is 4.98 Å². The number of aromatic nitrogens is 1. The molecule has 5 heteroatoms. The first kappa shape index (κ1) is 15.3. The van der Waals surface area contributed by atoms with Crippen molar-refractivity contribution >= 4 is 23.2 Å². The quantitative estimate of drug-likeness (QED) is 0.853. The fourth-order valence-electron chi connectivity index (χ4n) is 2.15. The zero-order chi connectivity index (χ0) is 15.4. The third kappa shape index (κ3) is 3.95. The van der Waals surface area contributed by atoms with Crippen molar-refractivity contribution < 1.29 is 4.79 Å². The molecule has 21 heavy (non-hydrogen) atoms. The van der Waals surface area contributed by atoms with E-state index in [4.69, 9.17) is 17.3 Å². The number of amides is 1. The second-order valence-electron chi connectivity index (χ2n) is 5.11. The Morgan fingerprint density at radius 1 is 1.43 bits per heavy atom. The number of anilines is 1. The van der Waals surface area contributed by atoms with Gasteiger partial charge in [-0.2, -0.15) is 0 Å². The molecule has 110 valence electrons. The molecule has 0 aliphatic rings. The predicted octanol–water partition coefficient (Wildman–Crippen LogP) is 2.99. The Kier molecular flexibility index (Phi) is 4.81. The third-order valence-electron chi connectivity index (χ3n) is 3.27. The van der Waals surface area contributed by atoms with E-state index in [0.29, 0.717) is 11.3 Å². The van der Waals surface area contributed by atoms with E-state index in [9.17, 15) is 4.79 Å². The van der Waals surface area contributed by atoms with Crippen LogP contribution in [0.2, 0.25) is 5.15 Å². The van der Waals surface area contributed by atoms with Crippen LogP contribution in [0, 0.1) is 6.92 Å². The highest BCUT2D eigenvalue weighted by Gasteiger charge is 2.15. The molecule has 1 amide bonds. The van der Waals surface area contributed by atoms with Gasteiger partial charge >= 0.3 is 0 Å². The minimum atomic E-state index is -0.263. The summed E-state index contributed by atoms with van der Waals surface area (Å²) in [6.07, 6.45) is 2.18. The molecule has 0 saturated carbocycles. The number of hydrogen-bond acceptors (Lipinski definition) is 3. The van der Waals surface area contributed by atoms with Gasteiger partial charge in [0, 0.05) is 6.04 Å². The SMILES string of the molecule is Cc1ccccc1CC(C)NC(=O)c1cc(N)cnc1Cl. The molecule has 1 heterocycles. The number of nitrogens with zero attached hydrogens (tertiary/aromatic N) is 1. The summed E-state index contributed by atoms with van der Waals surface area (Å²) in [5.74, 6) is -0.263. The number of nitrogens with one attached hydrogen (secondary N) is 1. The maximum Gasteiger partial charge on any atom is 0.254 e. The van der Waals surface area contributed by atoms with Gasteiger partial charge in [-0.3, -0.25) is 4.79 Å². The van der Waals surface area contributed by atoms with Crippen LogP contribution in [0.4, 0.5) is 5.69 Å². The van der Waals surface area contributed by atoms with Gasteiger partial charge in [0.25, 0.3) is 5.91 Å². The summed E-state index contributed by atoms with van der Waals surface area (Å²) in [6.45, 7) is 4.01. The molecule has 0 bridgehead atoms. The van der Waals surface area contributed by atoms with Crippen LogP contribution in [-0.4, -0.2) is 16.9 Å². The summed E-state index contributed by atoms with van der Waals surface area (Å²) in [4.78, 5) is 16.1. The molecule has 2 rings (SSSR count). The standard InChI is InChI=1S/C16H18ClN3O/c1-10-5-3-4-6-12(10)7-11(2)20-16(21)14-8-13(18)9-19-15(14)17/h3-6,8-9,11H,7,18H2,1-2H3,(H,20,21). The van der Waals surface area contributed by atoms with Crippen molar-refractivity contribution in [2.24, 2.45) is 0 Å². The lowest BCUT2D eigenvalue weighted by molar-refractivity contribution is 0.0940. The van der Waals surface area contributed by atoms with Gasteiger partial charge in [-0.15, -0.1) is 0 Å². The smallest absolute Gasteiger partial charge is 0.254 e. The topological polar surface area (TPSA) is 68.0 Å². The predicted molar refractivity (Wildman–Crippen MR) is 85.5 cm³/mol. The van der Waals surface area contributed by atoms with Crippen molar-refractivity contribution in [3.63, 3.8) is 0 Å². The molecule has 3 N–H and O–H groups in total. The molecule has 4 nitrogen and oxygen atoms in total. The number of rotatable bonds is 4. The molecule has 1 aromatic heterocycles. The van der Waals surface area contributed by atoms with Crippen molar-refractivity contribution in [2.45, 2.75) is 26.3 Å². The van der Waals surface area contributed by atoms with Crippen molar-refractivity contribution in [3.8, 4) is 0 Å². The molecule has 0 fully saturated rings. The second kappa shape index (κ2) is 6.59. The lowest BCUT2D eigenvalue weighted by Gasteiger charge is -2.16. The molecule has 0 aliphatic carbocycles. The van der Waals surface area contributed by atoms with E-state index in [0.717, 1.165) is 6.42 Å². The van der Waals surface area contributed by atoms with Gasteiger partial charge in [0.1, 0.15) is 5.15 Å². The number of carbonyl (C=O) groups excluding carboxylic acids is 1. The van der Waals surface area contributed by atoms with Crippen LogP contribution in [0.5, 0.6) is 0 Å². The van der Waals surface area contributed by atoms with Crippen LogP contribution in [0.15, 0.2) is 36.5 Å². The van der Waals surface area contributed by atoms with Crippen molar-refractivity contribution in [1.29, 1.82) is 0 Å². The Hall–Kier alpha value is -2.07. The summed E-state index contributed by atoms with van der Waals surface area (Å²) in [7, 11) is 0. The molecule has 2 aromatic rings. The van der Waals surface area contributed by atoms with E-state index in [2.05, 4.69) is 29.4 Å². The Morgan fingerprint density at radius 2 is 2.14 bits per heavy atom. The Balaban J connectivity index is 2.06. The zero-order valence-electron chi connectivity index (χ0n) is 12.1. The Morgan fingerprint density at radius 3 is 2.86 bits per heavy atom. The van der Waals surface area contributed by atoms with Gasteiger partial charge in [-0.1, -0.05) is 35.9 Å². The van der Waals surface area contributed by atoms with Gasteiger partial charge in [0.2, 0.25) is 0 Å². The number of pyridine rings is 1. The van der Waals surface area contributed by atoms with Gasteiger partial charge in [-0.05, 0) is 37.5 Å². The van der Waals surface area contributed by atoms with Crippen LogP contribution < -0.4 is 11.1 Å². The number of benzene rings is 1. The van der Waals surface area contributed by atoms with E-state index in [1.807, 2.05) is 19.1 Å². The van der Waals surface area contributed by atoms with Gasteiger partial charge in [0.15, 0.2) is 0 Å². The minimum absolute atomic E-state index is 0.0175. The molecule has 0 aliphatic heterocycles. The van der Waals surface area contributed by atoms with E-state index in [1.165, 1.54) is 23.4 Å². The maximum atomic E-state index is 12.2. The summed E-state index contributed by atoms with van der Waals surface area (Å²) >= 11 is 5.93. The second-order valence-corrected chi connectivity index (χ2v) is 5.47. The number of halogens is 1. The highest BCUT2D eigenvalue weighted by molar-refractivity contribution is 6.32. The zero-order valence-corrected chi connectivity index (χ0v) is 12.8. The first-order valence-electron chi connectivity index (χ1n) is 6.73. The highest BCUT2D eigenvalue weighted by atomic mass is 35.5. The lowest BCUT2D eigenvalue weighted by atomic mass is 10.0. The van der Waals surface area contributed by atoms with Crippen molar-refractivity contribution in [3.05, 3.63) is 58.4 Å². The third-order valence-corrected chi connectivity index (χ3v) is 3.57. The van der Waals surface area contributed by atoms with E-state index in [1.54, 1.807) is 0 Å². The maximum absolute atomic E-state index is 12.2. The van der Waals surface area contributed by atoms with E-state index < -0.39 is 0 Å². The minimum Gasteiger partial charge on any atom is -0.397 e. The average molecular weight is 304 g/mol. The Labute approximate surface area is 129 Å². The first-order valence-corrected chi connectivity index (χ1v) is 7.11. The van der Waals surface area contributed by atoms with Crippen molar-refractivity contribution in [1.82, 2.24) is 10.3 Å². The van der Waals surface area contributed by atoms with Crippen LogP contribution >= 0.6 is 11.6 Å². The molecule has 1 aromatic carbocycles. The summed E-state index contributed by atoms with van der Waals surface area (Å²) < 4.78 is 0. The molecular weight excluding hydrogens is 286 g/mol. The van der Waals surface area contributed by atoms with Gasteiger partial charge < -0.3 is 11.1 Å². The number of nitrogens with two attached hydrogens (primary N) is 1. The lowest BCUT2D eigenvalue weighted by Crippen LogP contribution is -2.34. The normalized spacial score (nSPS) is 12.0. The van der Waals surface area contributed by atoms with E-state index >= 15 is 0 Å². The van der Waals surface area contributed by atoms with Crippen LogP contribution in [0.25, 0.3) is 0 Å². The largest absolute Gasteiger partial charge is 0.397 e. The number of carbonyl (C=O) groups is 1. The van der Waals surface area contributed by atoms with Crippen LogP contribution in [-0.2, 0) is 6.42 Å². The molecule has 0 spiro atoms. The Bertz CT molecular complexity index is 658. The van der Waals surface area contributed by atoms with Crippen LogP contribution in [0.1, 0.15) is 28.4 Å². The van der Waals surface area contributed by atoms with Gasteiger partial charge in [0.05, 0.1) is 17.4 Å². The summed E-state index contributed by atoms with van der Waals surface area (Å²) in [5, 5.41) is 3.08. The van der Waals surface area contributed by atoms with Crippen LogP contribution in [0.3, 0.4) is 0 Å². The molecule has 0 saturated heterocycles. The number of hydrogen-bond donors (Lipinski definition) is 2. The molecule has 1 atom stereocenters. The molecular formula is C16H18ClN3O. The molecule has 0 radical (unpaired) electrons. The summed E-state index contributed by atoms with van der Waals surface area (Å²) in [5.41, 5.74) is 8.77. The van der Waals surface area contributed by atoms with E-state index in [-0.39, 0.29) is 17.1 Å². The number of nitrogen functional groups attached to an aromatic ring is 1. The fourth-order valence-corrected chi connectivity index (χ4v) is 2.33. The number of aryl methyl sites for hydroxylation is 1. The fraction of sp³-hybridized carbons (Fsp3) is 0.250. The monoisotopic (exact) mass is 303 g/mol. The highest BCUT2D eigenvalue weighted by Crippen LogP contribution is 2.16. The summed E-state index contributed by atoms with van der Waals surface area (Å²) in [6, 6.07) is 9.63. The molecule has 1 unspecified atom stereocenters. The first-order chi connectivity index (χ1) is 9.97. The van der Waals surface area contributed by atoms with Crippen molar-refractivity contribution in [2.75, 3.05) is 5.73 Å².